The highest BCUT2D eigenvalue weighted by Gasteiger charge is 2.16. The van der Waals surface area contributed by atoms with Gasteiger partial charge in [0.25, 0.3) is 0 Å². The fourth-order valence-electron chi connectivity index (χ4n) is 1.37. The molecule has 2 rings (SSSR count). The van der Waals surface area contributed by atoms with Crippen molar-refractivity contribution in [3.63, 3.8) is 0 Å². The van der Waals surface area contributed by atoms with E-state index < -0.39 is 0 Å². The molecule has 0 atom stereocenters. The van der Waals surface area contributed by atoms with Crippen LogP contribution >= 0.6 is 15.9 Å². The molecule has 13 heavy (non-hydrogen) atoms. The van der Waals surface area contributed by atoms with Crippen molar-refractivity contribution >= 4 is 33.2 Å². The fourth-order valence-corrected chi connectivity index (χ4v) is 2.04. The summed E-state index contributed by atoms with van der Waals surface area (Å²) in [6, 6.07) is 3.99. The van der Waals surface area contributed by atoms with E-state index in [-0.39, 0.29) is 5.91 Å². The first kappa shape index (κ1) is 8.56. The molecular weight excluding hydrogens is 232 g/mol. The number of carbonyl (C=O) groups is 1. The molecule has 0 saturated heterocycles. The third-order valence-electron chi connectivity index (χ3n) is 1.94. The summed E-state index contributed by atoms with van der Waals surface area (Å²) in [7, 11) is 0. The summed E-state index contributed by atoms with van der Waals surface area (Å²) in [5.74, 6) is -0.00273. The molecule has 1 aromatic rings. The summed E-state index contributed by atoms with van der Waals surface area (Å²) in [5, 5.41) is 5.86. The van der Waals surface area contributed by atoms with Gasteiger partial charge < -0.3 is 10.6 Å². The van der Waals surface area contributed by atoms with Crippen molar-refractivity contribution in [1.29, 1.82) is 0 Å². The molecule has 1 aliphatic rings. The molecule has 0 radical (unpaired) electrons. The van der Waals surface area contributed by atoms with Gasteiger partial charge in [-0.3, -0.25) is 4.79 Å². The smallest absolute Gasteiger partial charge is 0.243 e. The summed E-state index contributed by atoms with van der Waals surface area (Å²) >= 11 is 3.41. The predicted octanol–water partition coefficient (Wildman–Crippen LogP) is 2.12. The van der Waals surface area contributed by atoms with E-state index in [2.05, 4.69) is 26.6 Å². The molecule has 0 aliphatic carbocycles. The zero-order valence-electron chi connectivity index (χ0n) is 7.15. The van der Waals surface area contributed by atoms with Gasteiger partial charge in [0.1, 0.15) is 0 Å². The number of anilines is 2. The van der Waals surface area contributed by atoms with Crippen LogP contribution in [0.15, 0.2) is 16.6 Å². The highest BCUT2D eigenvalue weighted by molar-refractivity contribution is 9.10. The number of aryl methyl sites for hydroxylation is 1. The van der Waals surface area contributed by atoms with Crippen molar-refractivity contribution in [3.8, 4) is 0 Å². The van der Waals surface area contributed by atoms with Gasteiger partial charge in [0.2, 0.25) is 5.91 Å². The summed E-state index contributed by atoms with van der Waals surface area (Å²) in [5.41, 5.74) is 2.97. The third-order valence-corrected chi connectivity index (χ3v) is 2.56. The maximum Gasteiger partial charge on any atom is 0.243 e. The molecule has 0 unspecified atom stereocenters. The van der Waals surface area contributed by atoms with E-state index in [0.29, 0.717) is 6.54 Å². The Morgan fingerprint density at radius 3 is 3.00 bits per heavy atom. The molecule has 0 aromatic heterocycles. The molecule has 4 heteroatoms. The summed E-state index contributed by atoms with van der Waals surface area (Å²) < 4.78 is 0.919. The monoisotopic (exact) mass is 240 g/mol. The minimum Gasteiger partial charge on any atom is -0.374 e. The molecule has 68 valence electrons. The number of halogens is 1. The first-order chi connectivity index (χ1) is 6.16. The van der Waals surface area contributed by atoms with Crippen molar-refractivity contribution < 1.29 is 4.79 Å². The molecule has 1 aromatic carbocycles. The molecule has 1 amide bonds. The van der Waals surface area contributed by atoms with Crippen LogP contribution in [0.5, 0.6) is 0 Å². The average molecular weight is 241 g/mol. The van der Waals surface area contributed by atoms with E-state index in [0.717, 1.165) is 21.4 Å². The van der Waals surface area contributed by atoms with Gasteiger partial charge in [-0.2, -0.15) is 0 Å². The number of carbonyl (C=O) groups excluding carboxylic acids is 1. The largest absolute Gasteiger partial charge is 0.374 e. The Morgan fingerprint density at radius 2 is 2.23 bits per heavy atom. The van der Waals surface area contributed by atoms with E-state index in [1.54, 1.807) is 0 Å². The van der Waals surface area contributed by atoms with Gasteiger partial charge in [0.15, 0.2) is 0 Å². The third kappa shape index (κ3) is 1.54. The van der Waals surface area contributed by atoms with Crippen LogP contribution < -0.4 is 10.6 Å². The number of fused-ring (bicyclic) bond motifs is 1. The highest BCUT2D eigenvalue weighted by atomic mass is 79.9. The number of benzene rings is 1. The van der Waals surface area contributed by atoms with Crippen molar-refractivity contribution in [1.82, 2.24) is 0 Å². The van der Waals surface area contributed by atoms with Crippen LogP contribution in [0, 0.1) is 6.92 Å². The van der Waals surface area contributed by atoms with Gasteiger partial charge in [0.05, 0.1) is 17.9 Å². The normalized spacial score (nSPS) is 14.5. The number of hydrogen-bond acceptors (Lipinski definition) is 2. The Hall–Kier alpha value is -1.03. The van der Waals surface area contributed by atoms with E-state index in [1.807, 2.05) is 19.1 Å². The summed E-state index contributed by atoms with van der Waals surface area (Å²) in [6.07, 6.45) is 0. The zero-order chi connectivity index (χ0) is 9.42. The van der Waals surface area contributed by atoms with Crippen LogP contribution in [0.25, 0.3) is 0 Å². The van der Waals surface area contributed by atoms with Crippen LogP contribution in [0.1, 0.15) is 5.56 Å². The van der Waals surface area contributed by atoms with E-state index in [1.165, 1.54) is 0 Å². The molecule has 2 N–H and O–H groups in total. The van der Waals surface area contributed by atoms with Gasteiger partial charge in [-0.15, -0.1) is 0 Å². The maximum absolute atomic E-state index is 11.1. The van der Waals surface area contributed by atoms with Crippen molar-refractivity contribution in [2.24, 2.45) is 0 Å². The van der Waals surface area contributed by atoms with E-state index in [9.17, 15) is 4.79 Å². The van der Waals surface area contributed by atoms with Crippen LogP contribution in [0.3, 0.4) is 0 Å². The highest BCUT2D eigenvalue weighted by Crippen LogP contribution is 2.33. The summed E-state index contributed by atoms with van der Waals surface area (Å²) in [4.78, 5) is 11.1. The van der Waals surface area contributed by atoms with Crippen molar-refractivity contribution in [2.75, 3.05) is 17.2 Å². The van der Waals surface area contributed by atoms with Crippen LogP contribution in [0.2, 0.25) is 0 Å². The molecule has 0 fully saturated rings. The lowest BCUT2D eigenvalue weighted by molar-refractivity contribution is -0.114. The Kier molecular flexibility index (Phi) is 2.00. The molecule has 0 saturated carbocycles. The van der Waals surface area contributed by atoms with Crippen molar-refractivity contribution in [3.05, 3.63) is 22.2 Å². The fraction of sp³-hybridized carbons (Fsp3) is 0.222. The summed E-state index contributed by atoms with van der Waals surface area (Å²) in [6.45, 7) is 2.37. The quantitative estimate of drug-likeness (QED) is 0.730. The topological polar surface area (TPSA) is 41.1 Å². The lowest BCUT2D eigenvalue weighted by Gasteiger charge is -2.20. The Balaban J connectivity index is 2.53. The number of rotatable bonds is 0. The molecule has 3 nitrogen and oxygen atoms in total. The van der Waals surface area contributed by atoms with E-state index >= 15 is 0 Å². The first-order valence-electron chi connectivity index (χ1n) is 4.00. The molecule has 1 aliphatic heterocycles. The van der Waals surface area contributed by atoms with Gasteiger partial charge in [-0.25, -0.2) is 0 Å². The Bertz CT molecular complexity index is 376. The van der Waals surface area contributed by atoms with Crippen LogP contribution in [0.4, 0.5) is 11.4 Å². The van der Waals surface area contributed by atoms with Crippen LogP contribution in [-0.4, -0.2) is 12.5 Å². The number of amides is 1. The molecular formula is C9H9BrN2O. The number of nitrogens with one attached hydrogen (secondary N) is 2. The predicted molar refractivity (Wildman–Crippen MR) is 56.0 cm³/mol. The second kappa shape index (κ2) is 3.03. The minimum atomic E-state index is -0.00273. The molecule has 0 spiro atoms. The van der Waals surface area contributed by atoms with Gasteiger partial charge >= 0.3 is 0 Å². The van der Waals surface area contributed by atoms with Gasteiger partial charge in [-0.05, 0) is 40.5 Å². The molecule has 1 heterocycles. The first-order valence-corrected chi connectivity index (χ1v) is 4.80. The van der Waals surface area contributed by atoms with Gasteiger partial charge in [0, 0.05) is 4.47 Å². The lowest BCUT2D eigenvalue weighted by atomic mass is 10.1. The zero-order valence-corrected chi connectivity index (χ0v) is 8.73. The second-order valence-electron chi connectivity index (χ2n) is 3.07. The maximum atomic E-state index is 11.1. The van der Waals surface area contributed by atoms with Gasteiger partial charge in [-0.1, -0.05) is 0 Å². The average Bonchev–Trinajstić information content (AvgIpc) is 2.06. The SMILES string of the molecule is Cc1cc(Br)c2c(c1)NCC(=O)N2. The molecule has 0 bridgehead atoms. The van der Waals surface area contributed by atoms with E-state index in [4.69, 9.17) is 0 Å². The minimum absolute atomic E-state index is 0.00273. The Morgan fingerprint density at radius 1 is 1.46 bits per heavy atom. The van der Waals surface area contributed by atoms with Crippen molar-refractivity contribution in [2.45, 2.75) is 6.92 Å². The Labute approximate surface area is 84.6 Å². The number of hydrogen-bond donors (Lipinski definition) is 2. The van der Waals surface area contributed by atoms with Crippen LogP contribution in [-0.2, 0) is 4.79 Å². The second-order valence-corrected chi connectivity index (χ2v) is 3.93. The lowest BCUT2D eigenvalue weighted by Crippen LogP contribution is -2.27. The standard InChI is InChI=1S/C9H9BrN2O/c1-5-2-6(10)9-7(3-5)11-4-8(13)12-9/h2-3,11H,4H2,1H3,(H,12,13).